The molecule has 2 heterocycles. The highest BCUT2D eigenvalue weighted by Gasteiger charge is 2.20. The fourth-order valence-electron chi connectivity index (χ4n) is 2.55. The van der Waals surface area contributed by atoms with E-state index >= 15 is 0 Å². The second-order valence-electron chi connectivity index (χ2n) is 5.17. The minimum absolute atomic E-state index is 0.224. The molecule has 19 heavy (non-hydrogen) atoms. The Kier molecular flexibility index (Phi) is 5.33. The first-order valence-corrected chi connectivity index (χ1v) is 7.19. The highest BCUT2D eigenvalue weighted by atomic mass is 16.2. The smallest absolute Gasteiger partial charge is 0.227 e. The number of aromatic nitrogens is 1. The van der Waals surface area contributed by atoms with Gasteiger partial charge >= 0.3 is 0 Å². The van der Waals surface area contributed by atoms with Crippen LogP contribution in [0.5, 0.6) is 0 Å². The molecule has 4 heteroatoms. The number of hydrogen-bond donors (Lipinski definition) is 1. The van der Waals surface area contributed by atoms with E-state index in [2.05, 4.69) is 17.2 Å². The molecular formula is C15H23N3O. The van der Waals surface area contributed by atoms with Gasteiger partial charge in [0.1, 0.15) is 0 Å². The average molecular weight is 261 g/mol. The zero-order valence-corrected chi connectivity index (χ0v) is 11.6. The molecule has 1 aliphatic rings. The quantitative estimate of drug-likeness (QED) is 0.846. The van der Waals surface area contributed by atoms with Crippen LogP contribution in [0.25, 0.3) is 0 Å². The maximum Gasteiger partial charge on any atom is 0.227 e. The largest absolute Gasteiger partial charge is 0.341 e. The monoisotopic (exact) mass is 261 g/mol. The van der Waals surface area contributed by atoms with Gasteiger partial charge in [-0.15, -0.1) is 0 Å². The summed E-state index contributed by atoms with van der Waals surface area (Å²) >= 11 is 0. The predicted octanol–water partition coefficient (Wildman–Crippen LogP) is 1.61. The van der Waals surface area contributed by atoms with Crippen LogP contribution in [0.4, 0.5) is 0 Å². The van der Waals surface area contributed by atoms with Crippen LogP contribution >= 0.6 is 0 Å². The molecule has 0 spiro atoms. The molecule has 1 aromatic rings. The van der Waals surface area contributed by atoms with Crippen molar-refractivity contribution in [2.45, 2.75) is 38.6 Å². The summed E-state index contributed by atoms with van der Waals surface area (Å²) in [6.45, 7) is 4.90. The van der Waals surface area contributed by atoms with Gasteiger partial charge in [-0.2, -0.15) is 0 Å². The van der Waals surface area contributed by atoms with Gasteiger partial charge in [0.15, 0.2) is 0 Å². The standard InChI is InChI=1S/C15H23N3O/c1-2-10-18(12-14-4-3-7-17-14)15(19)11-13-5-8-16-9-6-13/h5-6,8-9,14,17H,2-4,7,10-12H2,1H3. The highest BCUT2D eigenvalue weighted by Crippen LogP contribution is 2.09. The molecule has 1 unspecified atom stereocenters. The number of pyridine rings is 1. The predicted molar refractivity (Wildman–Crippen MR) is 75.8 cm³/mol. The van der Waals surface area contributed by atoms with E-state index in [4.69, 9.17) is 0 Å². The lowest BCUT2D eigenvalue weighted by Gasteiger charge is -2.25. The Morgan fingerprint density at radius 1 is 1.47 bits per heavy atom. The molecule has 1 atom stereocenters. The van der Waals surface area contributed by atoms with E-state index in [0.717, 1.165) is 31.6 Å². The fourth-order valence-corrected chi connectivity index (χ4v) is 2.55. The van der Waals surface area contributed by atoms with Gasteiger partial charge in [0.05, 0.1) is 6.42 Å². The zero-order valence-electron chi connectivity index (χ0n) is 11.6. The Bertz CT molecular complexity index is 388. The van der Waals surface area contributed by atoms with Crippen LogP contribution in [0, 0.1) is 0 Å². The van der Waals surface area contributed by atoms with Gasteiger partial charge < -0.3 is 10.2 Å². The summed E-state index contributed by atoms with van der Waals surface area (Å²) in [5.74, 6) is 0.224. The second kappa shape index (κ2) is 7.24. The molecule has 1 N–H and O–H groups in total. The summed E-state index contributed by atoms with van der Waals surface area (Å²) in [4.78, 5) is 18.4. The number of hydrogen-bond acceptors (Lipinski definition) is 3. The van der Waals surface area contributed by atoms with Crippen molar-refractivity contribution in [3.63, 3.8) is 0 Å². The molecule has 0 aromatic carbocycles. The summed E-state index contributed by atoms with van der Waals surface area (Å²) in [5, 5.41) is 3.46. The van der Waals surface area contributed by atoms with E-state index in [9.17, 15) is 4.79 Å². The summed E-state index contributed by atoms with van der Waals surface area (Å²) in [7, 11) is 0. The van der Waals surface area contributed by atoms with Crippen LogP contribution in [0.15, 0.2) is 24.5 Å². The number of rotatable bonds is 6. The molecule has 0 bridgehead atoms. The molecule has 1 amide bonds. The Balaban J connectivity index is 1.91. The number of carbonyl (C=O) groups excluding carboxylic acids is 1. The van der Waals surface area contributed by atoms with Crippen molar-refractivity contribution in [1.29, 1.82) is 0 Å². The van der Waals surface area contributed by atoms with E-state index in [1.165, 1.54) is 12.8 Å². The normalized spacial score (nSPS) is 18.5. The molecule has 2 rings (SSSR count). The molecule has 1 fully saturated rings. The van der Waals surface area contributed by atoms with Gasteiger partial charge in [-0.25, -0.2) is 0 Å². The van der Waals surface area contributed by atoms with E-state index in [1.54, 1.807) is 12.4 Å². The number of nitrogens with one attached hydrogen (secondary N) is 1. The van der Waals surface area contributed by atoms with Crippen LogP contribution in [0.2, 0.25) is 0 Å². The number of carbonyl (C=O) groups is 1. The first kappa shape index (κ1) is 14.0. The Morgan fingerprint density at radius 2 is 2.26 bits per heavy atom. The van der Waals surface area contributed by atoms with Gasteiger partial charge in [-0.1, -0.05) is 6.92 Å². The Hall–Kier alpha value is -1.42. The molecule has 0 saturated carbocycles. The molecule has 104 valence electrons. The van der Waals surface area contributed by atoms with Crippen LogP contribution in [0.3, 0.4) is 0 Å². The lowest BCUT2D eigenvalue weighted by Crippen LogP contribution is -2.42. The molecule has 1 aliphatic heterocycles. The van der Waals surface area contributed by atoms with E-state index < -0.39 is 0 Å². The zero-order chi connectivity index (χ0) is 13.5. The first-order chi connectivity index (χ1) is 9.29. The summed E-state index contributed by atoms with van der Waals surface area (Å²) in [6.07, 6.45) is 7.38. The van der Waals surface area contributed by atoms with E-state index in [0.29, 0.717) is 12.5 Å². The molecule has 1 aromatic heterocycles. The molecule has 4 nitrogen and oxygen atoms in total. The van der Waals surface area contributed by atoms with Crippen molar-refractivity contribution >= 4 is 5.91 Å². The third kappa shape index (κ3) is 4.31. The van der Waals surface area contributed by atoms with Crippen LogP contribution in [0.1, 0.15) is 31.7 Å². The lowest BCUT2D eigenvalue weighted by molar-refractivity contribution is -0.130. The van der Waals surface area contributed by atoms with Crippen molar-refractivity contribution in [1.82, 2.24) is 15.2 Å². The van der Waals surface area contributed by atoms with E-state index in [-0.39, 0.29) is 5.91 Å². The van der Waals surface area contributed by atoms with Crippen molar-refractivity contribution in [2.24, 2.45) is 0 Å². The SMILES string of the molecule is CCCN(CC1CCCN1)C(=O)Cc1ccncc1. The van der Waals surface area contributed by atoms with Gasteiger partial charge in [0, 0.05) is 31.5 Å². The van der Waals surface area contributed by atoms with Crippen LogP contribution in [-0.4, -0.2) is 41.5 Å². The van der Waals surface area contributed by atoms with Crippen molar-refractivity contribution in [3.05, 3.63) is 30.1 Å². The maximum absolute atomic E-state index is 12.4. The summed E-state index contributed by atoms with van der Waals surface area (Å²) in [6, 6.07) is 4.30. The summed E-state index contributed by atoms with van der Waals surface area (Å²) in [5.41, 5.74) is 1.04. The molecule has 0 radical (unpaired) electrons. The minimum atomic E-state index is 0.224. The molecule has 0 aliphatic carbocycles. The van der Waals surface area contributed by atoms with E-state index in [1.807, 2.05) is 17.0 Å². The molecular weight excluding hydrogens is 238 g/mol. The molecule has 1 saturated heterocycles. The third-order valence-corrected chi connectivity index (χ3v) is 3.55. The number of amides is 1. The Labute approximate surface area is 115 Å². The minimum Gasteiger partial charge on any atom is -0.341 e. The van der Waals surface area contributed by atoms with Crippen molar-refractivity contribution in [2.75, 3.05) is 19.6 Å². The van der Waals surface area contributed by atoms with Gasteiger partial charge in [0.2, 0.25) is 5.91 Å². The maximum atomic E-state index is 12.4. The van der Waals surface area contributed by atoms with Gasteiger partial charge in [-0.05, 0) is 43.5 Å². The average Bonchev–Trinajstić information content (AvgIpc) is 2.92. The summed E-state index contributed by atoms with van der Waals surface area (Å²) < 4.78 is 0. The fraction of sp³-hybridized carbons (Fsp3) is 0.600. The number of nitrogens with zero attached hydrogens (tertiary/aromatic N) is 2. The van der Waals surface area contributed by atoms with Crippen molar-refractivity contribution < 1.29 is 4.79 Å². The first-order valence-electron chi connectivity index (χ1n) is 7.19. The topological polar surface area (TPSA) is 45.2 Å². The van der Waals surface area contributed by atoms with Crippen molar-refractivity contribution in [3.8, 4) is 0 Å². The van der Waals surface area contributed by atoms with Gasteiger partial charge in [-0.3, -0.25) is 9.78 Å². The van der Waals surface area contributed by atoms with Crippen LogP contribution in [-0.2, 0) is 11.2 Å². The van der Waals surface area contributed by atoms with Gasteiger partial charge in [0.25, 0.3) is 0 Å². The second-order valence-corrected chi connectivity index (χ2v) is 5.17. The Morgan fingerprint density at radius 3 is 2.89 bits per heavy atom. The van der Waals surface area contributed by atoms with Crippen LogP contribution < -0.4 is 5.32 Å². The lowest BCUT2D eigenvalue weighted by atomic mass is 10.1. The highest BCUT2D eigenvalue weighted by molar-refractivity contribution is 5.78. The third-order valence-electron chi connectivity index (χ3n) is 3.55.